The summed E-state index contributed by atoms with van der Waals surface area (Å²) in [5.74, 6) is 1.89. The van der Waals surface area contributed by atoms with Crippen LogP contribution >= 0.6 is 0 Å². The number of aromatic nitrogens is 3. The third kappa shape index (κ3) is 5.42. The van der Waals surface area contributed by atoms with Gasteiger partial charge >= 0.3 is 0 Å². The summed E-state index contributed by atoms with van der Waals surface area (Å²) in [4.78, 5) is 16.3. The number of benzene rings is 9. The molecule has 0 radical (unpaired) electrons. The fraction of sp³-hybridized carbons (Fsp3) is 0. The van der Waals surface area contributed by atoms with E-state index in [1.165, 1.54) is 16.5 Å². The Bertz CT molecular complexity index is 2870. The number of fused-ring (bicyclic) bond motifs is 4. The first-order valence-corrected chi connectivity index (χ1v) is 18.3. The Hall–Kier alpha value is -7.23. The highest BCUT2D eigenvalue weighted by atomic mass is 15.0. The third-order valence-electron chi connectivity index (χ3n) is 10.3. The monoisotopic (exact) mass is 687 g/mol. The van der Waals surface area contributed by atoms with Gasteiger partial charge < -0.3 is 0 Å². The van der Waals surface area contributed by atoms with E-state index in [4.69, 9.17) is 15.0 Å². The third-order valence-corrected chi connectivity index (χ3v) is 10.3. The van der Waals surface area contributed by atoms with Gasteiger partial charge in [0.2, 0.25) is 0 Å². The van der Waals surface area contributed by atoms with Gasteiger partial charge in [-0.25, -0.2) is 15.0 Å². The Balaban J connectivity index is 1.36. The lowest BCUT2D eigenvalue weighted by Crippen LogP contribution is -2.03. The summed E-state index contributed by atoms with van der Waals surface area (Å²) in [6, 6.07) is 70.3. The summed E-state index contributed by atoms with van der Waals surface area (Å²) >= 11 is 0. The normalized spacial score (nSPS) is 11.3. The van der Waals surface area contributed by atoms with Crippen LogP contribution in [0.2, 0.25) is 0 Å². The number of hydrogen-bond acceptors (Lipinski definition) is 3. The lowest BCUT2D eigenvalue weighted by atomic mass is 9.86. The van der Waals surface area contributed by atoms with Gasteiger partial charge in [-0.05, 0) is 60.3 Å². The Morgan fingerprint density at radius 1 is 0.241 bits per heavy atom. The van der Waals surface area contributed by atoms with Crippen molar-refractivity contribution < 1.29 is 0 Å². The smallest absolute Gasteiger partial charge is 0.165 e. The summed E-state index contributed by atoms with van der Waals surface area (Å²) in [6.07, 6.45) is 0. The standard InChI is InChI=1S/C51H33N3/c1-4-18-34(19-5-1)38-25-12-16-30-43(38)49-52-50(44-31-17-13-26-39(44)35-20-6-2-7-21-35)54-51(53-49)48-42-29-15-14-28-41(42)46(37-23-8-3-9-24-37)45-33-32-36-22-10-11-27-40(36)47(45)48/h1-33H. The van der Waals surface area contributed by atoms with Crippen molar-refractivity contribution in [2.75, 3.05) is 0 Å². The molecule has 0 unspecified atom stereocenters. The zero-order valence-corrected chi connectivity index (χ0v) is 29.4. The van der Waals surface area contributed by atoms with Crippen molar-refractivity contribution in [1.29, 1.82) is 0 Å². The SMILES string of the molecule is c1ccc(-c2ccccc2-c2nc(-c3ccccc3-c3ccccc3)nc(-c3c4ccccc4c(-c4ccccc4)c4ccc5ccccc5c34)n2)cc1. The second kappa shape index (κ2) is 13.4. The highest BCUT2D eigenvalue weighted by molar-refractivity contribution is 6.27. The van der Waals surface area contributed by atoms with Gasteiger partial charge in [-0.1, -0.05) is 200 Å². The molecule has 1 heterocycles. The number of hydrogen-bond donors (Lipinski definition) is 0. The maximum absolute atomic E-state index is 5.48. The van der Waals surface area contributed by atoms with Crippen molar-refractivity contribution in [3.05, 3.63) is 200 Å². The van der Waals surface area contributed by atoms with Gasteiger partial charge in [-0.3, -0.25) is 0 Å². The lowest BCUT2D eigenvalue weighted by molar-refractivity contribution is 1.08. The van der Waals surface area contributed by atoms with Gasteiger partial charge in [0.25, 0.3) is 0 Å². The minimum absolute atomic E-state index is 0.627. The van der Waals surface area contributed by atoms with E-state index in [0.29, 0.717) is 17.5 Å². The van der Waals surface area contributed by atoms with E-state index >= 15 is 0 Å². The molecule has 0 aliphatic carbocycles. The first-order valence-electron chi connectivity index (χ1n) is 18.3. The van der Waals surface area contributed by atoms with E-state index in [-0.39, 0.29) is 0 Å². The molecule has 0 spiro atoms. The quantitative estimate of drug-likeness (QED) is 0.129. The van der Waals surface area contributed by atoms with Crippen LogP contribution in [-0.2, 0) is 0 Å². The minimum atomic E-state index is 0.627. The van der Waals surface area contributed by atoms with Gasteiger partial charge in [-0.15, -0.1) is 0 Å². The fourth-order valence-electron chi connectivity index (χ4n) is 7.92. The Morgan fingerprint density at radius 3 is 1.20 bits per heavy atom. The second-order valence-corrected chi connectivity index (χ2v) is 13.5. The van der Waals surface area contributed by atoms with Gasteiger partial charge in [0, 0.05) is 22.1 Å². The van der Waals surface area contributed by atoms with E-state index in [9.17, 15) is 0 Å². The molecule has 0 saturated carbocycles. The molecular formula is C51H33N3. The molecule has 9 aromatic carbocycles. The van der Waals surface area contributed by atoms with Crippen LogP contribution in [0.1, 0.15) is 0 Å². The minimum Gasteiger partial charge on any atom is -0.208 e. The molecule has 0 N–H and O–H groups in total. The average molecular weight is 688 g/mol. The number of nitrogens with zero attached hydrogens (tertiary/aromatic N) is 3. The summed E-state index contributed by atoms with van der Waals surface area (Å²) < 4.78 is 0. The van der Waals surface area contributed by atoms with Crippen molar-refractivity contribution in [2.24, 2.45) is 0 Å². The molecule has 54 heavy (non-hydrogen) atoms. The summed E-state index contributed by atoms with van der Waals surface area (Å²) in [5, 5.41) is 6.85. The van der Waals surface area contributed by atoms with Crippen molar-refractivity contribution >= 4 is 32.3 Å². The fourth-order valence-corrected chi connectivity index (χ4v) is 7.92. The predicted octanol–water partition coefficient (Wildman–Crippen LogP) is 13.3. The molecule has 0 saturated heterocycles. The van der Waals surface area contributed by atoms with Crippen LogP contribution in [0, 0.1) is 0 Å². The summed E-state index contributed by atoms with van der Waals surface area (Å²) in [5.41, 5.74) is 9.62. The van der Waals surface area contributed by atoms with Crippen molar-refractivity contribution in [1.82, 2.24) is 15.0 Å². The molecule has 10 rings (SSSR count). The van der Waals surface area contributed by atoms with E-state index < -0.39 is 0 Å². The Morgan fingerprint density at radius 2 is 0.648 bits per heavy atom. The molecule has 0 aliphatic rings. The van der Waals surface area contributed by atoms with E-state index in [0.717, 1.165) is 65.9 Å². The zero-order chi connectivity index (χ0) is 35.8. The topological polar surface area (TPSA) is 38.7 Å². The molecule has 0 atom stereocenters. The highest BCUT2D eigenvalue weighted by Gasteiger charge is 2.23. The predicted molar refractivity (Wildman–Crippen MR) is 225 cm³/mol. The maximum atomic E-state index is 5.48. The first kappa shape index (κ1) is 31.5. The molecule has 0 amide bonds. The van der Waals surface area contributed by atoms with Crippen molar-refractivity contribution in [3.8, 4) is 67.5 Å². The molecule has 3 heteroatoms. The Kier molecular flexibility index (Phi) is 7.81. The van der Waals surface area contributed by atoms with Crippen LogP contribution in [0.25, 0.3) is 99.9 Å². The first-order chi connectivity index (χ1) is 26.8. The van der Waals surface area contributed by atoms with Crippen LogP contribution in [0.15, 0.2) is 200 Å². The molecule has 0 aliphatic heterocycles. The molecule has 0 bridgehead atoms. The van der Waals surface area contributed by atoms with Crippen LogP contribution in [-0.4, -0.2) is 15.0 Å². The molecule has 10 aromatic rings. The zero-order valence-electron chi connectivity index (χ0n) is 29.4. The summed E-state index contributed by atoms with van der Waals surface area (Å²) in [6.45, 7) is 0. The summed E-state index contributed by atoms with van der Waals surface area (Å²) in [7, 11) is 0. The van der Waals surface area contributed by atoms with E-state index in [1.807, 2.05) is 12.1 Å². The van der Waals surface area contributed by atoms with Gasteiger partial charge in [0.1, 0.15) is 0 Å². The van der Waals surface area contributed by atoms with Gasteiger partial charge in [0.05, 0.1) is 0 Å². The lowest BCUT2D eigenvalue weighted by Gasteiger charge is -2.19. The molecule has 0 fully saturated rings. The van der Waals surface area contributed by atoms with Crippen LogP contribution in [0.4, 0.5) is 0 Å². The van der Waals surface area contributed by atoms with Crippen LogP contribution in [0.5, 0.6) is 0 Å². The maximum Gasteiger partial charge on any atom is 0.165 e. The van der Waals surface area contributed by atoms with Crippen LogP contribution in [0.3, 0.4) is 0 Å². The van der Waals surface area contributed by atoms with Crippen molar-refractivity contribution in [3.63, 3.8) is 0 Å². The van der Waals surface area contributed by atoms with Gasteiger partial charge in [0.15, 0.2) is 17.5 Å². The number of rotatable bonds is 6. The van der Waals surface area contributed by atoms with Crippen molar-refractivity contribution in [2.45, 2.75) is 0 Å². The van der Waals surface area contributed by atoms with Crippen LogP contribution < -0.4 is 0 Å². The molecule has 3 nitrogen and oxygen atoms in total. The van der Waals surface area contributed by atoms with E-state index in [2.05, 4.69) is 188 Å². The van der Waals surface area contributed by atoms with E-state index in [1.54, 1.807) is 0 Å². The largest absolute Gasteiger partial charge is 0.208 e. The molecule has 252 valence electrons. The average Bonchev–Trinajstić information content (AvgIpc) is 3.26. The molecular weight excluding hydrogens is 655 g/mol. The second-order valence-electron chi connectivity index (χ2n) is 13.5. The molecule has 1 aromatic heterocycles. The Labute approximate surface area is 313 Å². The van der Waals surface area contributed by atoms with Gasteiger partial charge in [-0.2, -0.15) is 0 Å². The highest BCUT2D eigenvalue weighted by Crippen LogP contribution is 2.46.